The van der Waals surface area contributed by atoms with Gasteiger partial charge < -0.3 is 5.32 Å². The van der Waals surface area contributed by atoms with E-state index >= 15 is 0 Å². The molecule has 0 unspecified atom stereocenters. The van der Waals surface area contributed by atoms with Crippen LogP contribution in [-0.4, -0.2) is 32.0 Å². The van der Waals surface area contributed by atoms with Crippen molar-refractivity contribution in [2.45, 2.75) is 52.0 Å². The van der Waals surface area contributed by atoms with Crippen LogP contribution in [0, 0.1) is 11.3 Å². The van der Waals surface area contributed by atoms with Crippen LogP contribution in [0.5, 0.6) is 0 Å². The van der Waals surface area contributed by atoms with E-state index in [0.29, 0.717) is 11.3 Å². The summed E-state index contributed by atoms with van der Waals surface area (Å²) in [5, 5.41) is 16.1. The molecule has 142 valence electrons. The highest BCUT2D eigenvalue weighted by atomic mass is 16.2. The fraction of sp³-hybridized carbons (Fsp3) is 0.450. The predicted molar refractivity (Wildman–Crippen MR) is 101 cm³/mol. The number of aromatic nitrogens is 3. The molecule has 0 radical (unpaired) electrons. The first-order chi connectivity index (χ1) is 12.4. The molecule has 2 aromatic heterocycles. The Hall–Kier alpha value is -3.01. The summed E-state index contributed by atoms with van der Waals surface area (Å²) >= 11 is 0. The standard InChI is InChI=1S/C20H25N5O2/c1-19(2,3)17-11-15(25(6)24-17)16(26)10-13-7-8-22-14(9-13)18(27)23-20(4,5)12-21/h7-9,11H,10H2,1-6H3,(H,23,27). The number of hydrogen-bond donors (Lipinski definition) is 1. The van der Waals surface area contributed by atoms with Gasteiger partial charge >= 0.3 is 0 Å². The van der Waals surface area contributed by atoms with Crippen LogP contribution in [0.2, 0.25) is 0 Å². The molecule has 2 rings (SSSR count). The maximum Gasteiger partial charge on any atom is 0.271 e. The number of nitrogens with zero attached hydrogens (tertiary/aromatic N) is 4. The summed E-state index contributed by atoms with van der Waals surface area (Å²) in [6.45, 7) is 9.33. The molecular weight excluding hydrogens is 342 g/mol. The van der Waals surface area contributed by atoms with Gasteiger partial charge in [0.15, 0.2) is 5.78 Å². The number of hydrogen-bond acceptors (Lipinski definition) is 5. The minimum absolute atomic E-state index is 0.0876. The van der Waals surface area contributed by atoms with E-state index in [-0.39, 0.29) is 23.3 Å². The molecule has 0 fully saturated rings. The van der Waals surface area contributed by atoms with Crippen LogP contribution < -0.4 is 5.32 Å². The average Bonchev–Trinajstić information content (AvgIpc) is 2.97. The number of carbonyl (C=O) groups is 2. The lowest BCUT2D eigenvalue weighted by Crippen LogP contribution is -2.42. The highest BCUT2D eigenvalue weighted by Gasteiger charge is 2.23. The molecule has 7 heteroatoms. The van der Waals surface area contributed by atoms with Crippen LogP contribution in [0.4, 0.5) is 0 Å². The Morgan fingerprint density at radius 3 is 2.44 bits per heavy atom. The minimum Gasteiger partial charge on any atom is -0.333 e. The first kappa shape index (κ1) is 20.3. The van der Waals surface area contributed by atoms with Gasteiger partial charge in [-0.05, 0) is 37.6 Å². The minimum atomic E-state index is -0.997. The third-order valence-electron chi connectivity index (χ3n) is 4.06. The first-order valence-corrected chi connectivity index (χ1v) is 8.69. The molecule has 1 N–H and O–H groups in total. The molecule has 0 saturated heterocycles. The van der Waals surface area contributed by atoms with E-state index in [4.69, 9.17) is 5.26 Å². The van der Waals surface area contributed by atoms with Crippen LogP contribution in [0.25, 0.3) is 0 Å². The normalized spacial score (nSPS) is 11.7. The molecule has 0 aliphatic heterocycles. The van der Waals surface area contributed by atoms with E-state index in [1.54, 1.807) is 37.7 Å². The van der Waals surface area contributed by atoms with E-state index in [2.05, 4.69) is 15.4 Å². The Balaban J connectivity index is 2.19. The molecule has 0 saturated carbocycles. The lowest BCUT2D eigenvalue weighted by atomic mass is 9.92. The summed E-state index contributed by atoms with van der Waals surface area (Å²) in [5.41, 5.74) is 1.07. The lowest BCUT2D eigenvalue weighted by molar-refractivity contribution is 0.0921. The van der Waals surface area contributed by atoms with E-state index in [9.17, 15) is 9.59 Å². The zero-order valence-corrected chi connectivity index (χ0v) is 16.6. The van der Waals surface area contributed by atoms with Crippen molar-refractivity contribution < 1.29 is 9.59 Å². The number of carbonyl (C=O) groups excluding carboxylic acids is 2. The van der Waals surface area contributed by atoms with Crippen LogP contribution >= 0.6 is 0 Å². The Labute approximate surface area is 159 Å². The SMILES string of the molecule is Cn1nc(C(C)(C)C)cc1C(=O)Cc1ccnc(C(=O)NC(C)(C)C#N)c1. The van der Waals surface area contributed by atoms with Gasteiger partial charge in [0.1, 0.15) is 16.9 Å². The first-order valence-electron chi connectivity index (χ1n) is 8.69. The Morgan fingerprint density at radius 1 is 1.22 bits per heavy atom. The predicted octanol–water partition coefficient (Wildman–Crippen LogP) is 2.57. The summed E-state index contributed by atoms with van der Waals surface area (Å²) in [7, 11) is 1.75. The van der Waals surface area contributed by atoms with Crippen molar-refractivity contribution in [3.63, 3.8) is 0 Å². The third kappa shape index (κ3) is 5.00. The average molecular weight is 367 g/mol. The molecule has 27 heavy (non-hydrogen) atoms. The number of amides is 1. The molecule has 0 atom stereocenters. The molecule has 0 aliphatic carbocycles. The number of pyridine rings is 1. The number of nitrogens with one attached hydrogen (secondary N) is 1. The van der Waals surface area contributed by atoms with Gasteiger partial charge in [-0.25, -0.2) is 0 Å². The Bertz CT molecular complexity index is 913. The van der Waals surface area contributed by atoms with Crippen molar-refractivity contribution in [3.05, 3.63) is 47.0 Å². The lowest BCUT2D eigenvalue weighted by Gasteiger charge is -2.17. The molecule has 2 heterocycles. The highest BCUT2D eigenvalue weighted by molar-refractivity contribution is 5.97. The maximum absolute atomic E-state index is 12.7. The third-order valence-corrected chi connectivity index (χ3v) is 4.06. The Kier molecular flexibility index (Phi) is 5.50. The summed E-state index contributed by atoms with van der Waals surface area (Å²) < 4.78 is 1.59. The Morgan fingerprint density at radius 2 is 1.89 bits per heavy atom. The number of aryl methyl sites for hydroxylation is 1. The number of ketones is 1. The van der Waals surface area contributed by atoms with Gasteiger partial charge in [-0.2, -0.15) is 10.4 Å². The van der Waals surface area contributed by atoms with Crippen molar-refractivity contribution in [1.29, 1.82) is 5.26 Å². The van der Waals surface area contributed by atoms with Gasteiger partial charge in [-0.1, -0.05) is 20.8 Å². The van der Waals surface area contributed by atoms with Crippen molar-refractivity contribution in [3.8, 4) is 6.07 Å². The van der Waals surface area contributed by atoms with E-state index in [1.807, 2.05) is 32.9 Å². The van der Waals surface area contributed by atoms with Gasteiger partial charge in [-0.3, -0.25) is 19.3 Å². The van der Waals surface area contributed by atoms with Gasteiger partial charge in [0, 0.05) is 25.1 Å². The van der Waals surface area contributed by atoms with Crippen molar-refractivity contribution in [1.82, 2.24) is 20.1 Å². The molecular formula is C20H25N5O2. The van der Waals surface area contributed by atoms with Crippen LogP contribution in [0.3, 0.4) is 0 Å². The van der Waals surface area contributed by atoms with E-state index in [0.717, 1.165) is 5.69 Å². The van der Waals surface area contributed by atoms with Gasteiger partial charge in [0.2, 0.25) is 0 Å². The van der Waals surface area contributed by atoms with E-state index < -0.39 is 11.4 Å². The zero-order chi connectivity index (χ0) is 20.4. The van der Waals surface area contributed by atoms with E-state index in [1.165, 1.54) is 6.20 Å². The fourth-order valence-electron chi connectivity index (χ4n) is 2.45. The van der Waals surface area contributed by atoms with Crippen molar-refractivity contribution >= 4 is 11.7 Å². The summed E-state index contributed by atoms with van der Waals surface area (Å²) in [6.07, 6.45) is 1.62. The monoisotopic (exact) mass is 367 g/mol. The summed E-state index contributed by atoms with van der Waals surface area (Å²) in [4.78, 5) is 29.0. The van der Waals surface area contributed by atoms with Crippen molar-refractivity contribution in [2.75, 3.05) is 0 Å². The smallest absolute Gasteiger partial charge is 0.271 e. The maximum atomic E-state index is 12.7. The number of Topliss-reactive ketones (excluding diaryl/α,β-unsaturated/α-hetero) is 1. The topological polar surface area (TPSA) is 101 Å². The molecule has 2 aromatic rings. The summed E-state index contributed by atoms with van der Waals surface area (Å²) in [6, 6.07) is 7.09. The van der Waals surface area contributed by atoms with Crippen LogP contribution in [0.15, 0.2) is 24.4 Å². The van der Waals surface area contributed by atoms with Gasteiger partial charge in [-0.15, -0.1) is 0 Å². The molecule has 7 nitrogen and oxygen atoms in total. The number of rotatable bonds is 5. The molecule has 0 aromatic carbocycles. The van der Waals surface area contributed by atoms with Crippen LogP contribution in [-0.2, 0) is 18.9 Å². The highest BCUT2D eigenvalue weighted by Crippen LogP contribution is 2.22. The van der Waals surface area contributed by atoms with Gasteiger partial charge in [0.05, 0.1) is 11.8 Å². The second kappa shape index (κ2) is 7.31. The largest absolute Gasteiger partial charge is 0.333 e. The van der Waals surface area contributed by atoms with Crippen LogP contribution in [0.1, 0.15) is 66.9 Å². The quantitative estimate of drug-likeness (QED) is 0.819. The molecule has 0 spiro atoms. The van der Waals surface area contributed by atoms with Crippen molar-refractivity contribution in [2.24, 2.45) is 7.05 Å². The van der Waals surface area contributed by atoms with Gasteiger partial charge in [0.25, 0.3) is 5.91 Å². The second-order valence-corrected chi connectivity index (χ2v) is 8.13. The second-order valence-electron chi connectivity index (χ2n) is 8.13. The fourth-order valence-corrected chi connectivity index (χ4v) is 2.45. The zero-order valence-electron chi connectivity index (χ0n) is 16.6. The molecule has 0 bridgehead atoms. The molecule has 1 amide bonds. The number of nitriles is 1. The molecule has 0 aliphatic rings. The summed E-state index contributed by atoms with van der Waals surface area (Å²) in [5.74, 6) is -0.540.